The molecule has 3 aromatic rings. The third kappa shape index (κ3) is 3.95. The first-order chi connectivity index (χ1) is 12.2. The van der Waals surface area contributed by atoms with Crippen LogP contribution in [0.4, 0.5) is 10.1 Å². The van der Waals surface area contributed by atoms with Crippen molar-refractivity contribution in [2.45, 2.75) is 6.54 Å². The Bertz CT molecular complexity index is 877. The Labute approximate surface area is 144 Å². The Kier molecular flexibility index (Phi) is 4.94. The van der Waals surface area contributed by atoms with Crippen LogP contribution in [0.15, 0.2) is 66.2 Å². The highest BCUT2D eigenvalue weighted by Crippen LogP contribution is 2.22. The molecule has 2 aromatic carbocycles. The van der Waals surface area contributed by atoms with E-state index in [0.717, 1.165) is 0 Å². The van der Waals surface area contributed by atoms with E-state index >= 15 is 0 Å². The molecule has 128 valence electrons. The van der Waals surface area contributed by atoms with Crippen LogP contribution in [0.3, 0.4) is 0 Å². The van der Waals surface area contributed by atoms with Gasteiger partial charge in [0.15, 0.2) is 5.96 Å². The van der Waals surface area contributed by atoms with Gasteiger partial charge in [-0.3, -0.25) is 0 Å². The number of hydrogen-bond donors (Lipinski definition) is 2. The minimum absolute atomic E-state index is 0.226. The second-order valence-corrected chi connectivity index (χ2v) is 5.28. The molecule has 0 unspecified atom stereocenters. The van der Waals surface area contributed by atoms with E-state index < -0.39 is 0 Å². The molecule has 0 atom stereocenters. The quantitative estimate of drug-likeness (QED) is 0.553. The van der Waals surface area contributed by atoms with E-state index in [4.69, 9.17) is 10.5 Å². The third-order valence-electron chi connectivity index (χ3n) is 3.60. The highest BCUT2D eigenvalue weighted by molar-refractivity contribution is 5.93. The number of aliphatic imine (C=N–C) groups is 1. The van der Waals surface area contributed by atoms with Crippen molar-refractivity contribution in [3.05, 3.63) is 72.6 Å². The lowest BCUT2D eigenvalue weighted by Crippen LogP contribution is -2.22. The van der Waals surface area contributed by atoms with Gasteiger partial charge in [0, 0.05) is 12.4 Å². The van der Waals surface area contributed by atoms with Gasteiger partial charge in [-0.15, -0.1) is 0 Å². The van der Waals surface area contributed by atoms with Gasteiger partial charge < -0.3 is 20.4 Å². The summed E-state index contributed by atoms with van der Waals surface area (Å²) in [5, 5.41) is 2.98. The van der Waals surface area contributed by atoms with Crippen molar-refractivity contribution in [3.63, 3.8) is 0 Å². The second-order valence-electron chi connectivity index (χ2n) is 5.28. The van der Waals surface area contributed by atoms with Crippen LogP contribution >= 0.6 is 0 Å². The third-order valence-corrected chi connectivity index (χ3v) is 3.60. The van der Waals surface area contributed by atoms with E-state index in [1.54, 1.807) is 42.5 Å². The van der Waals surface area contributed by atoms with E-state index in [1.165, 1.54) is 6.07 Å². The Morgan fingerprint density at radius 2 is 2.16 bits per heavy atom. The molecule has 3 N–H and O–H groups in total. The molecular weight excluding hydrogens is 321 g/mol. The fourth-order valence-corrected chi connectivity index (χ4v) is 2.36. The molecule has 0 aliphatic rings. The molecule has 0 aliphatic carbocycles. The molecule has 0 amide bonds. The van der Waals surface area contributed by atoms with Crippen molar-refractivity contribution >= 4 is 11.6 Å². The van der Waals surface area contributed by atoms with Crippen molar-refractivity contribution < 1.29 is 9.13 Å². The molecule has 3 rings (SSSR count). The maximum atomic E-state index is 14.2. The molecular formula is C18H18FN5O. The number of para-hydroxylation sites is 2. The number of methoxy groups -OCH3 is 1. The Balaban J connectivity index is 1.70. The van der Waals surface area contributed by atoms with Gasteiger partial charge in [0.25, 0.3) is 0 Å². The molecule has 0 bridgehead atoms. The maximum Gasteiger partial charge on any atom is 0.193 e. The van der Waals surface area contributed by atoms with Gasteiger partial charge in [0.05, 0.1) is 31.4 Å². The number of nitrogens with one attached hydrogen (secondary N) is 1. The van der Waals surface area contributed by atoms with E-state index in [9.17, 15) is 4.39 Å². The van der Waals surface area contributed by atoms with Crippen LogP contribution in [-0.2, 0) is 6.54 Å². The second kappa shape index (κ2) is 7.48. The van der Waals surface area contributed by atoms with Crippen molar-refractivity contribution in [3.8, 4) is 11.4 Å². The van der Waals surface area contributed by atoms with Crippen molar-refractivity contribution in [1.29, 1.82) is 0 Å². The highest BCUT2D eigenvalue weighted by atomic mass is 19.1. The minimum atomic E-state index is -0.345. The number of anilines is 1. The van der Waals surface area contributed by atoms with E-state index in [0.29, 0.717) is 22.7 Å². The summed E-state index contributed by atoms with van der Waals surface area (Å²) in [5.41, 5.74) is 7.76. The average Bonchev–Trinajstić information content (AvgIpc) is 3.15. The molecule has 0 spiro atoms. The summed E-state index contributed by atoms with van der Waals surface area (Å²) in [6.07, 6.45) is 4.83. The lowest BCUT2D eigenvalue weighted by Gasteiger charge is -2.10. The number of imidazole rings is 1. The van der Waals surface area contributed by atoms with Crippen molar-refractivity contribution in [2.75, 3.05) is 12.4 Å². The molecule has 0 fully saturated rings. The standard InChI is InChI=1S/C18H18FN5O/c1-25-17-5-3-2-4-15(17)23-18(20)22-11-13-6-7-16(14(19)10-13)24-9-8-21-12-24/h2-10,12H,11H2,1H3,(H3,20,22,23). The first-order valence-corrected chi connectivity index (χ1v) is 7.64. The Hall–Kier alpha value is -3.35. The van der Waals surface area contributed by atoms with Gasteiger partial charge in [-0.1, -0.05) is 18.2 Å². The minimum Gasteiger partial charge on any atom is -0.495 e. The van der Waals surface area contributed by atoms with E-state index in [1.807, 2.05) is 24.3 Å². The molecule has 1 aromatic heterocycles. The fourth-order valence-electron chi connectivity index (χ4n) is 2.36. The summed E-state index contributed by atoms with van der Waals surface area (Å²) in [6.45, 7) is 0.259. The average molecular weight is 339 g/mol. The lowest BCUT2D eigenvalue weighted by atomic mass is 10.2. The van der Waals surface area contributed by atoms with Gasteiger partial charge in [0.2, 0.25) is 0 Å². The molecule has 25 heavy (non-hydrogen) atoms. The topological polar surface area (TPSA) is 77.5 Å². The molecule has 0 radical (unpaired) electrons. The number of guanidine groups is 1. The smallest absolute Gasteiger partial charge is 0.193 e. The summed E-state index contributed by atoms with van der Waals surface area (Å²) >= 11 is 0. The van der Waals surface area contributed by atoms with E-state index in [2.05, 4.69) is 15.3 Å². The number of halogens is 1. The number of ether oxygens (including phenoxy) is 1. The maximum absolute atomic E-state index is 14.2. The molecule has 6 nitrogen and oxygen atoms in total. The van der Waals surface area contributed by atoms with Crippen molar-refractivity contribution in [1.82, 2.24) is 9.55 Å². The van der Waals surface area contributed by atoms with Crippen LogP contribution in [0.2, 0.25) is 0 Å². The zero-order valence-electron chi connectivity index (χ0n) is 13.7. The Morgan fingerprint density at radius 1 is 1.32 bits per heavy atom. The van der Waals surface area contributed by atoms with Gasteiger partial charge in [-0.2, -0.15) is 0 Å². The van der Waals surface area contributed by atoms with Gasteiger partial charge in [-0.05, 0) is 29.8 Å². The van der Waals surface area contributed by atoms with E-state index in [-0.39, 0.29) is 18.3 Å². The normalized spacial score (nSPS) is 11.4. The molecule has 0 aliphatic heterocycles. The van der Waals surface area contributed by atoms with Crippen LogP contribution in [-0.4, -0.2) is 22.6 Å². The fraction of sp³-hybridized carbons (Fsp3) is 0.111. The summed E-state index contributed by atoms with van der Waals surface area (Å²) in [7, 11) is 1.58. The number of rotatable bonds is 5. The summed E-state index contributed by atoms with van der Waals surface area (Å²) in [4.78, 5) is 8.16. The summed E-state index contributed by atoms with van der Waals surface area (Å²) in [5.74, 6) is 0.543. The zero-order valence-corrected chi connectivity index (χ0v) is 13.7. The highest BCUT2D eigenvalue weighted by Gasteiger charge is 2.06. The number of nitrogens with zero attached hydrogens (tertiary/aromatic N) is 3. The largest absolute Gasteiger partial charge is 0.495 e. The van der Waals surface area contributed by atoms with Crippen LogP contribution in [0.25, 0.3) is 5.69 Å². The number of nitrogens with two attached hydrogens (primary N) is 1. The van der Waals surface area contributed by atoms with Gasteiger partial charge >= 0.3 is 0 Å². The predicted octanol–water partition coefficient (Wildman–Crippen LogP) is 2.95. The molecule has 7 heteroatoms. The number of aromatic nitrogens is 2. The molecule has 1 heterocycles. The zero-order chi connectivity index (χ0) is 17.6. The van der Waals surface area contributed by atoms with Crippen LogP contribution in [0.1, 0.15) is 5.56 Å². The summed E-state index contributed by atoms with van der Waals surface area (Å²) in [6, 6.07) is 12.3. The van der Waals surface area contributed by atoms with Gasteiger partial charge in [-0.25, -0.2) is 14.4 Å². The van der Waals surface area contributed by atoms with Gasteiger partial charge in [0.1, 0.15) is 11.6 Å². The van der Waals surface area contributed by atoms with Crippen molar-refractivity contribution in [2.24, 2.45) is 10.7 Å². The molecule has 0 saturated carbocycles. The van der Waals surface area contributed by atoms with Crippen LogP contribution in [0, 0.1) is 5.82 Å². The van der Waals surface area contributed by atoms with Crippen LogP contribution in [0.5, 0.6) is 5.75 Å². The monoisotopic (exact) mass is 339 g/mol. The first kappa shape index (κ1) is 16.5. The number of benzene rings is 2. The van der Waals surface area contributed by atoms with Crippen LogP contribution < -0.4 is 15.8 Å². The first-order valence-electron chi connectivity index (χ1n) is 7.64. The lowest BCUT2D eigenvalue weighted by molar-refractivity contribution is 0.417. The summed E-state index contributed by atoms with van der Waals surface area (Å²) < 4.78 is 21.1. The SMILES string of the molecule is COc1ccccc1NC(N)=NCc1ccc(-n2ccnc2)c(F)c1. The molecule has 0 saturated heterocycles. The predicted molar refractivity (Wildman–Crippen MR) is 95.5 cm³/mol. The Morgan fingerprint density at radius 3 is 2.88 bits per heavy atom. The number of hydrogen-bond acceptors (Lipinski definition) is 3.